The summed E-state index contributed by atoms with van der Waals surface area (Å²) in [6, 6.07) is 83.3. The molecule has 0 aliphatic carbocycles. The smallest absolute Gasteiger partial charge is 0.744 e. The van der Waals surface area contributed by atoms with E-state index in [4.69, 9.17) is 25.7 Å². The molecule has 0 bridgehead atoms. The van der Waals surface area contributed by atoms with Crippen LogP contribution in [0.3, 0.4) is 0 Å². The first kappa shape index (κ1) is 92.0. The number of benzene rings is 9. The first-order chi connectivity index (χ1) is 64.7. The van der Waals surface area contributed by atoms with Gasteiger partial charge in [0.05, 0.1) is 114 Å². The standard InChI is InChI=1S/C25H19N5.C25H17N5.C13H10N2.C12H9N3O.C9H6N2O2.C9H8N2.C6H5NO5S.C4H6O.Na/c2*1-30-21-12-11-20-19(5-3-14-26-20)25(21)29-22(30)13-10-18-9-8-17-7-6-16-4-2-15-27-23(16)24(17)28-18;1-9-4-5-11-7-6-10-3-2-8-14-12(10)13(11)15-9;1-15-10-5-4-9-8(3-2-6-13-9)12(10)14-11(15)7-16;12-11(13)8-5-1-3-7-4-2-6-10-9(7)8;10-8-5-1-3-7-4-2-6-11-9(7)8;8-7(9)5-2-1-3-6(4-5)13(10,11)12;1-2-3-4-5;/h2-9,11-12,14-15H,10,13H2,1H3;2-15H,1H3;2-8H,1H3;2-7H,1H3;1-6H;1-6H,10H2;1-4H,(H,10,11,12);2-4H,1H3;/q;;;;;;;;+1/p-1/b;13-10+;;;;;;3-2+;. The summed E-state index contributed by atoms with van der Waals surface area (Å²) < 4.78 is 37.3. The molecule has 0 aliphatic heterocycles. The maximum Gasteiger partial charge on any atom is 1.00 e. The van der Waals surface area contributed by atoms with E-state index in [1.54, 1.807) is 60.4 Å². The molecule has 14 heterocycles. The van der Waals surface area contributed by atoms with Crippen LogP contribution in [0.1, 0.15) is 46.3 Å². The van der Waals surface area contributed by atoms with E-state index in [1.807, 2.05) is 167 Å². The SMILES string of the molecule is C/C=C/C=O.Cc1ccc2ccc3cccnc3c2n1.Cn1c(/C=C/c2ccc3ccc4cccnc4c3n2)nc2c3cccnc3ccc21.Cn1c(C=O)nc2c3cccnc3ccc21.Cn1c(CCc2ccc3ccc4cccnc4c3n2)nc2c3cccnc3ccc21.Nc1cccc2cccnc12.O=[N+]([O-])c1cccc(S(=O)(=O)[O-])c1.O=[N+]([O-])c1cccc2cccnc12.[Na+]. The number of nitrogens with zero attached hydrogens (tertiary/aromatic N) is 19. The summed E-state index contributed by atoms with van der Waals surface area (Å²) in [5.41, 5.74) is 24.9. The molecular formula is C103H79N20NaO9S. The zero-order valence-electron chi connectivity index (χ0n) is 73.1. The van der Waals surface area contributed by atoms with Crippen molar-refractivity contribution in [3.63, 3.8) is 0 Å². The first-order valence-corrected chi connectivity index (χ1v) is 43.1. The molecule has 9 aromatic carbocycles. The number of carbonyl (C=O) groups is 2. The third-order valence-corrected chi connectivity index (χ3v) is 22.6. The van der Waals surface area contributed by atoms with Crippen molar-refractivity contribution < 1.29 is 62.0 Å². The van der Waals surface area contributed by atoms with Crippen molar-refractivity contribution in [2.24, 2.45) is 21.1 Å². The number of nitro groups is 2. The van der Waals surface area contributed by atoms with E-state index in [0.29, 0.717) is 11.3 Å². The van der Waals surface area contributed by atoms with Gasteiger partial charge in [-0.25, -0.2) is 33.3 Å². The van der Waals surface area contributed by atoms with Crippen LogP contribution in [0.25, 0.3) is 165 Å². The maximum absolute atomic E-state index is 10.8. The fourth-order valence-electron chi connectivity index (χ4n) is 15.1. The van der Waals surface area contributed by atoms with Gasteiger partial charge in [-0.05, 0) is 172 Å². The van der Waals surface area contributed by atoms with E-state index >= 15 is 0 Å². The molecule has 14 aromatic heterocycles. The Kier molecular flexibility index (Phi) is 28.7. The number of nitro benzene ring substituents is 2. The number of para-hydroxylation sites is 2. The molecule has 134 heavy (non-hydrogen) atoms. The third-order valence-electron chi connectivity index (χ3n) is 21.7. The first-order valence-electron chi connectivity index (χ1n) is 41.7. The predicted octanol–water partition coefficient (Wildman–Crippen LogP) is 17.6. The Morgan fingerprint density at radius 1 is 0.381 bits per heavy atom. The zero-order valence-corrected chi connectivity index (χ0v) is 75.9. The van der Waals surface area contributed by atoms with Gasteiger partial charge in [-0.2, -0.15) is 0 Å². The van der Waals surface area contributed by atoms with Crippen LogP contribution in [-0.4, -0.2) is 119 Å². The molecule has 0 amide bonds. The number of carbonyl (C=O) groups excluding carboxylic acids is 2. The quantitative estimate of drug-likeness (QED) is 0.0194. The minimum absolute atomic E-state index is 0. The van der Waals surface area contributed by atoms with Crippen molar-refractivity contribution in [2.75, 3.05) is 5.73 Å². The van der Waals surface area contributed by atoms with Crippen LogP contribution in [0.15, 0.2) is 334 Å². The molecule has 0 saturated carbocycles. The number of hydrogen-bond acceptors (Lipinski definition) is 24. The Labute approximate surface area is 786 Å². The van der Waals surface area contributed by atoms with Crippen LogP contribution in [0, 0.1) is 27.2 Å². The molecule has 2 N–H and O–H groups in total. The number of aromatic nitrogens is 17. The zero-order chi connectivity index (χ0) is 92.7. The minimum atomic E-state index is -4.61. The van der Waals surface area contributed by atoms with Crippen LogP contribution >= 0.6 is 0 Å². The van der Waals surface area contributed by atoms with Crippen LogP contribution in [0.5, 0.6) is 0 Å². The van der Waals surface area contributed by atoms with Gasteiger partial charge in [0, 0.05) is 166 Å². The van der Waals surface area contributed by atoms with Gasteiger partial charge in [0.25, 0.3) is 11.4 Å². The number of nitrogens with two attached hydrogens (primary N) is 1. The van der Waals surface area contributed by atoms with Gasteiger partial charge in [0.15, 0.2) is 12.1 Å². The fraction of sp³-hybridized carbons (Fsp3) is 0.0680. The van der Waals surface area contributed by atoms with Crippen molar-refractivity contribution in [3.8, 4) is 0 Å². The van der Waals surface area contributed by atoms with Gasteiger partial charge in [-0.15, -0.1) is 0 Å². The van der Waals surface area contributed by atoms with Gasteiger partial charge in [0.2, 0.25) is 0 Å². The van der Waals surface area contributed by atoms with E-state index < -0.39 is 30.5 Å². The summed E-state index contributed by atoms with van der Waals surface area (Å²) in [5.74, 6) is 2.37. The van der Waals surface area contributed by atoms with Gasteiger partial charge in [0.1, 0.15) is 33.6 Å². The number of allylic oxidation sites excluding steroid dienone is 2. The second-order valence-electron chi connectivity index (χ2n) is 30.1. The Hall–Kier alpha value is -16.8. The van der Waals surface area contributed by atoms with Crippen molar-refractivity contribution in [2.45, 2.75) is 31.6 Å². The van der Waals surface area contributed by atoms with Gasteiger partial charge < -0.3 is 24.0 Å². The van der Waals surface area contributed by atoms with Crippen LogP contribution in [-0.2, 0) is 48.9 Å². The molecule has 31 heteroatoms. The number of imidazole rings is 3. The Morgan fingerprint density at radius 2 is 0.791 bits per heavy atom. The van der Waals surface area contributed by atoms with Crippen LogP contribution < -0.4 is 35.3 Å². The molecule has 0 atom stereocenters. The monoisotopic (exact) mass is 1790 g/mol. The molecule has 29 nitrogen and oxygen atoms in total. The van der Waals surface area contributed by atoms with E-state index in [0.717, 1.165) is 232 Å². The summed E-state index contributed by atoms with van der Waals surface area (Å²) in [6.07, 6.45) is 24.4. The van der Waals surface area contributed by atoms with Crippen molar-refractivity contribution in [1.29, 1.82) is 0 Å². The summed E-state index contributed by atoms with van der Waals surface area (Å²) in [7, 11) is 1.33. The molecule has 0 radical (unpaired) electrons. The normalized spacial score (nSPS) is 11.1. The molecule has 0 spiro atoms. The Balaban J connectivity index is 0.000000122. The average Bonchev–Trinajstić information content (AvgIpc) is 1.63. The molecule has 0 unspecified atom stereocenters. The van der Waals surface area contributed by atoms with E-state index in [-0.39, 0.29) is 35.2 Å². The Bertz CT molecular complexity index is 8580. The molecule has 0 saturated heterocycles. The number of rotatable bonds is 10. The number of nitrogen functional groups attached to an aromatic ring is 1. The van der Waals surface area contributed by atoms with E-state index in [9.17, 15) is 42.8 Å². The maximum atomic E-state index is 10.8. The summed E-state index contributed by atoms with van der Waals surface area (Å²) in [5, 5.41) is 32.5. The minimum Gasteiger partial charge on any atom is -0.744 e. The van der Waals surface area contributed by atoms with Crippen molar-refractivity contribution in [3.05, 3.63) is 383 Å². The van der Waals surface area contributed by atoms with Crippen molar-refractivity contribution in [1.82, 2.24) is 83.5 Å². The topological polar surface area (TPSA) is 399 Å². The predicted molar refractivity (Wildman–Crippen MR) is 522 cm³/mol. The molecule has 0 aliphatic rings. The molecular weight excluding hydrogens is 1720 g/mol. The van der Waals surface area contributed by atoms with Crippen LogP contribution in [0.4, 0.5) is 17.1 Å². The fourth-order valence-corrected chi connectivity index (χ4v) is 15.6. The summed E-state index contributed by atoms with van der Waals surface area (Å²) in [6.45, 7) is 3.80. The molecule has 23 rings (SSSR count). The summed E-state index contributed by atoms with van der Waals surface area (Å²) in [4.78, 5) is 102. The second-order valence-corrected chi connectivity index (χ2v) is 31.5. The molecule has 652 valence electrons. The van der Waals surface area contributed by atoms with Crippen molar-refractivity contribution >= 4 is 205 Å². The van der Waals surface area contributed by atoms with Gasteiger partial charge in [-0.3, -0.25) is 74.7 Å². The van der Waals surface area contributed by atoms with Crippen LogP contribution in [0.2, 0.25) is 0 Å². The van der Waals surface area contributed by atoms with E-state index in [2.05, 4.69) is 175 Å². The number of fused-ring (bicyclic) bond motifs is 20. The largest absolute Gasteiger partial charge is 1.00 e. The molecule has 23 aromatic rings. The van der Waals surface area contributed by atoms with Gasteiger partial charge >= 0.3 is 29.6 Å². The Morgan fingerprint density at radius 3 is 1.28 bits per heavy atom. The summed E-state index contributed by atoms with van der Waals surface area (Å²) >= 11 is 0. The number of aryl methyl sites for hydroxylation is 6. The average molecular weight is 1800 g/mol. The number of anilines is 1. The third kappa shape index (κ3) is 20.6. The van der Waals surface area contributed by atoms with E-state index in [1.165, 1.54) is 12.1 Å². The number of aldehydes is 2. The number of hydrogen-bond donors (Lipinski definition) is 1. The molecule has 0 fully saturated rings. The number of pyridine rings is 11. The number of non-ortho nitro benzene ring substituents is 2. The van der Waals surface area contributed by atoms with Gasteiger partial charge in [-0.1, -0.05) is 121 Å². The second kappa shape index (κ2) is 41.8.